The molecule has 1 saturated heterocycles. The van der Waals surface area contributed by atoms with E-state index in [4.69, 9.17) is 0 Å². The number of rotatable bonds is 2. The Morgan fingerprint density at radius 3 is 2.65 bits per heavy atom. The van der Waals surface area contributed by atoms with E-state index in [1.54, 1.807) is 12.1 Å². The molecule has 0 amide bonds. The predicted molar refractivity (Wildman–Crippen MR) is 62.4 cm³/mol. The molecule has 1 aromatic rings. The highest BCUT2D eigenvalue weighted by Gasteiger charge is 2.33. The Morgan fingerprint density at radius 2 is 2.06 bits per heavy atom. The first-order valence-electron chi connectivity index (χ1n) is 5.74. The zero-order valence-corrected chi connectivity index (χ0v) is 9.77. The third-order valence-electron chi connectivity index (χ3n) is 3.43. The van der Waals surface area contributed by atoms with Gasteiger partial charge in [-0.05, 0) is 43.6 Å². The van der Waals surface area contributed by atoms with Crippen LogP contribution in [0.3, 0.4) is 0 Å². The molecule has 4 heteroatoms. The summed E-state index contributed by atoms with van der Waals surface area (Å²) in [5.41, 5.74) is 0.923. The summed E-state index contributed by atoms with van der Waals surface area (Å²) in [5, 5.41) is 9.24. The van der Waals surface area contributed by atoms with Crippen molar-refractivity contribution in [3.8, 4) is 0 Å². The van der Waals surface area contributed by atoms with Crippen LogP contribution in [-0.4, -0.2) is 36.1 Å². The molecule has 2 atom stereocenters. The zero-order valence-electron chi connectivity index (χ0n) is 9.77. The van der Waals surface area contributed by atoms with Crippen molar-refractivity contribution in [2.45, 2.75) is 12.3 Å². The number of benzene rings is 1. The van der Waals surface area contributed by atoms with E-state index in [0.29, 0.717) is 6.54 Å². The van der Waals surface area contributed by atoms with Crippen molar-refractivity contribution in [2.24, 2.45) is 5.92 Å². The summed E-state index contributed by atoms with van der Waals surface area (Å²) in [5.74, 6) is -1.47. The summed E-state index contributed by atoms with van der Waals surface area (Å²) in [6.45, 7) is 1.43. The van der Waals surface area contributed by atoms with E-state index in [1.165, 1.54) is 12.1 Å². The maximum absolute atomic E-state index is 12.8. The van der Waals surface area contributed by atoms with Gasteiger partial charge in [0, 0.05) is 6.54 Å². The average molecular weight is 237 g/mol. The van der Waals surface area contributed by atoms with E-state index in [1.807, 2.05) is 11.9 Å². The van der Waals surface area contributed by atoms with Crippen LogP contribution in [-0.2, 0) is 4.79 Å². The van der Waals surface area contributed by atoms with Crippen LogP contribution in [0.5, 0.6) is 0 Å². The Hall–Kier alpha value is -1.42. The quantitative estimate of drug-likeness (QED) is 0.854. The second-order valence-corrected chi connectivity index (χ2v) is 4.65. The van der Waals surface area contributed by atoms with E-state index in [-0.39, 0.29) is 11.7 Å². The molecule has 0 aliphatic carbocycles. The lowest BCUT2D eigenvalue weighted by Gasteiger charge is -2.34. The number of carboxylic acid groups (broad SMARTS) is 1. The second-order valence-electron chi connectivity index (χ2n) is 4.65. The van der Waals surface area contributed by atoms with Crippen LogP contribution >= 0.6 is 0 Å². The van der Waals surface area contributed by atoms with Crippen LogP contribution in [0.25, 0.3) is 0 Å². The van der Waals surface area contributed by atoms with Gasteiger partial charge >= 0.3 is 5.97 Å². The number of halogens is 1. The standard InChI is InChI=1S/C13H16FNO2/c1-15-7-6-11(12(8-15)13(16)17)9-2-4-10(14)5-3-9/h2-5,11-12H,6-8H2,1H3,(H,16,17)/t11-,12+/m0/s1. The second kappa shape index (κ2) is 4.84. The lowest BCUT2D eigenvalue weighted by molar-refractivity contribution is -0.144. The molecule has 0 spiro atoms. The molecule has 0 saturated carbocycles. The van der Waals surface area contributed by atoms with Gasteiger partial charge < -0.3 is 10.0 Å². The van der Waals surface area contributed by atoms with Crippen molar-refractivity contribution in [2.75, 3.05) is 20.1 Å². The molecule has 1 aliphatic rings. The van der Waals surface area contributed by atoms with E-state index >= 15 is 0 Å². The summed E-state index contributed by atoms with van der Waals surface area (Å²) in [4.78, 5) is 13.3. The van der Waals surface area contributed by atoms with Gasteiger partial charge in [-0.3, -0.25) is 4.79 Å². The van der Waals surface area contributed by atoms with Crippen LogP contribution < -0.4 is 0 Å². The van der Waals surface area contributed by atoms with Gasteiger partial charge in [-0.15, -0.1) is 0 Å². The van der Waals surface area contributed by atoms with Gasteiger partial charge in [0.25, 0.3) is 0 Å². The van der Waals surface area contributed by atoms with E-state index in [9.17, 15) is 14.3 Å². The topological polar surface area (TPSA) is 40.5 Å². The molecule has 1 fully saturated rings. The molecular formula is C13H16FNO2. The molecule has 0 radical (unpaired) electrons. The molecule has 0 unspecified atom stereocenters. The third-order valence-corrected chi connectivity index (χ3v) is 3.43. The Labute approximate surface area is 99.9 Å². The SMILES string of the molecule is CN1CC[C@@H](c2ccc(F)cc2)[C@H](C(=O)O)C1. The van der Waals surface area contributed by atoms with E-state index in [2.05, 4.69) is 0 Å². The number of hydrogen-bond donors (Lipinski definition) is 1. The Balaban J connectivity index is 2.23. The third kappa shape index (κ3) is 2.64. The number of likely N-dealkylation sites (tertiary alicyclic amines) is 1. The first-order chi connectivity index (χ1) is 8.08. The minimum absolute atomic E-state index is 0.00991. The van der Waals surface area contributed by atoms with Gasteiger partial charge in [-0.2, -0.15) is 0 Å². The van der Waals surface area contributed by atoms with Gasteiger partial charge in [-0.1, -0.05) is 12.1 Å². The van der Waals surface area contributed by atoms with Crippen LogP contribution in [0.2, 0.25) is 0 Å². The lowest BCUT2D eigenvalue weighted by Crippen LogP contribution is -2.40. The lowest BCUT2D eigenvalue weighted by atomic mass is 9.80. The maximum atomic E-state index is 12.8. The summed E-state index contributed by atoms with van der Waals surface area (Å²) in [6, 6.07) is 6.18. The summed E-state index contributed by atoms with van der Waals surface area (Å²) in [7, 11) is 1.93. The zero-order chi connectivity index (χ0) is 12.4. The fraction of sp³-hybridized carbons (Fsp3) is 0.462. The summed E-state index contributed by atoms with van der Waals surface area (Å²) in [6.07, 6.45) is 0.805. The Bertz CT molecular complexity index is 404. The molecule has 3 nitrogen and oxygen atoms in total. The van der Waals surface area contributed by atoms with Crippen LogP contribution in [0.4, 0.5) is 4.39 Å². The number of carbonyl (C=O) groups is 1. The highest BCUT2D eigenvalue weighted by Crippen LogP contribution is 2.32. The minimum atomic E-state index is -0.772. The molecule has 17 heavy (non-hydrogen) atoms. The monoisotopic (exact) mass is 237 g/mol. The van der Waals surface area contributed by atoms with Crippen molar-refractivity contribution < 1.29 is 14.3 Å². The van der Waals surface area contributed by atoms with Crippen molar-refractivity contribution in [3.63, 3.8) is 0 Å². The number of aliphatic carboxylic acids is 1. The smallest absolute Gasteiger partial charge is 0.308 e. The fourth-order valence-electron chi connectivity index (χ4n) is 2.47. The first-order valence-corrected chi connectivity index (χ1v) is 5.74. The molecule has 1 aromatic carbocycles. The Kier molecular flexibility index (Phi) is 3.43. The van der Waals surface area contributed by atoms with E-state index < -0.39 is 11.9 Å². The largest absolute Gasteiger partial charge is 0.481 e. The van der Waals surface area contributed by atoms with Gasteiger partial charge in [0.15, 0.2) is 0 Å². The molecule has 1 heterocycles. The summed E-state index contributed by atoms with van der Waals surface area (Å²) >= 11 is 0. The molecule has 1 aliphatic heterocycles. The fourth-order valence-corrected chi connectivity index (χ4v) is 2.47. The normalized spacial score (nSPS) is 25.8. The van der Waals surface area contributed by atoms with Crippen molar-refractivity contribution in [3.05, 3.63) is 35.6 Å². The Morgan fingerprint density at radius 1 is 1.41 bits per heavy atom. The predicted octanol–water partition coefficient (Wildman–Crippen LogP) is 1.95. The number of nitrogens with zero attached hydrogens (tertiary/aromatic N) is 1. The van der Waals surface area contributed by atoms with Gasteiger partial charge in [0.2, 0.25) is 0 Å². The number of piperidine rings is 1. The average Bonchev–Trinajstić information content (AvgIpc) is 2.30. The first kappa shape index (κ1) is 12.0. The van der Waals surface area contributed by atoms with Crippen LogP contribution in [0, 0.1) is 11.7 Å². The van der Waals surface area contributed by atoms with E-state index in [0.717, 1.165) is 18.5 Å². The van der Waals surface area contributed by atoms with Gasteiger partial charge in [-0.25, -0.2) is 4.39 Å². The van der Waals surface area contributed by atoms with Crippen molar-refractivity contribution in [1.82, 2.24) is 4.90 Å². The van der Waals surface area contributed by atoms with Crippen molar-refractivity contribution in [1.29, 1.82) is 0 Å². The molecule has 0 aromatic heterocycles. The van der Waals surface area contributed by atoms with Crippen molar-refractivity contribution >= 4 is 5.97 Å². The molecular weight excluding hydrogens is 221 g/mol. The minimum Gasteiger partial charge on any atom is -0.481 e. The summed E-state index contributed by atoms with van der Waals surface area (Å²) < 4.78 is 12.8. The molecule has 1 N–H and O–H groups in total. The highest BCUT2D eigenvalue weighted by atomic mass is 19.1. The van der Waals surface area contributed by atoms with Gasteiger partial charge in [0.1, 0.15) is 5.82 Å². The van der Waals surface area contributed by atoms with Crippen LogP contribution in [0.1, 0.15) is 17.9 Å². The molecule has 0 bridgehead atoms. The molecule has 92 valence electrons. The molecule has 2 rings (SSSR count). The highest BCUT2D eigenvalue weighted by molar-refractivity contribution is 5.72. The van der Waals surface area contributed by atoms with Crippen LogP contribution in [0.15, 0.2) is 24.3 Å². The maximum Gasteiger partial charge on any atom is 0.308 e. The number of carboxylic acids is 1. The number of hydrogen-bond acceptors (Lipinski definition) is 2. The van der Waals surface area contributed by atoms with Gasteiger partial charge in [0.05, 0.1) is 5.92 Å².